The first kappa shape index (κ1) is 27.5. The summed E-state index contributed by atoms with van der Waals surface area (Å²) in [5.41, 5.74) is -0.0440. The highest BCUT2D eigenvalue weighted by Gasteiger charge is 2.26. The maximum Gasteiger partial charge on any atom is 0.412 e. The van der Waals surface area contributed by atoms with Crippen molar-refractivity contribution < 1.29 is 19.1 Å². The first-order valence-electron chi connectivity index (χ1n) is 11.6. The molecule has 1 amide bonds. The summed E-state index contributed by atoms with van der Waals surface area (Å²) in [5, 5.41) is 3.28. The molecule has 0 spiro atoms. The number of carbonyl (C=O) groups excluding carboxylic acids is 2. The molecule has 1 aromatic heterocycles. The Kier molecular flexibility index (Phi) is 11.1. The van der Waals surface area contributed by atoms with E-state index in [1.807, 2.05) is 26.8 Å². The molecule has 31 heavy (non-hydrogen) atoms. The molecule has 178 valence electrons. The van der Waals surface area contributed by atoms with E-state index in [2.05, 4.69) is 39.9 Å². The number of hydrogen-bond acceptors (Lipinski definition) is 5. The summed E-state index contributed by atoms with van der Waals surface area (Å²) in [4.78, 5) is 26.2. The second kappa shape index (κ2) is 12.5. The molecule has 0 aliphatic heterocycles. The van der Waals surface area contributed by atoms with Crippen molar-refractivity contribution in [1.29, 1.82) is 0 Å². The van der Waals surface area contributed by atoms with E-state index in [-0.39, 0.29) is 11.3 Å². The van der Waals surface area contributed by atoms with E-state index in [0.717, 1.165) is 24.1 Å². The lowest BCUT2D eigenvalue weighted by Crippen LogP contribution is -2.24. The summed E-state index contributed by atoms with van der Waals surface area (Å²) in [6.45, 7) is 16.8. The van der Waals surface area contributed by atoms with Crippen molar-refractivity contribution in [3.8, 4) is 0 Å². The quantitative estimate of drug-likeness (QED) is 0.271. The van der Waals surface area contributed by atoms with Gasteiger partial charge in [0.25, 0.3) is 0 Å². The third-order valence-electron chi connectivity index (χ3n) is 4.72. The standard InChI is InChI=1S/C25H43NO4S/c1-9-10-11-12-13-14-15-29-23(28)26-21-19(22(27)30-25(6,7)8)16-20(31-21)18(2)17-24(3,4)5/h16,18H,9-15,17H2,1-8H3,(H,26,28). The summed E-state index contributed by atoms with van der Waals surface area (Å²) < 4.78 is 10.9. The monoisotopic (exact) mass is 453 g/mol. The fraction of sp³-hybridized carbons (Fsp3) is 0.760. The van der Waals surface area contributed by atoms with Gasteiger partial charge < -0.3 is 9.47 Å². The van der Waals surface area contributed by atoms with Gasteiger partial charge in [-0.25, -0.2) is 9.59 Å². The number of carbonyl (C=O) groups is 2. The normalized spacial score (nSPS) is 13.0. The lowest BCUT2D eigenvalue weighted by atomic mass is 9.85. The maximum atomic E-state index is 12.8. The van der Waals surface area contributed by atoms with Gasteiger partial charge in [0.05, 0.1) is 12.2 Å². The van der Waals surface area contributed by atoms with Crippen LogP contribution in [-0.2, 0) is 9.47 Å². The molecule has 1 atom stereocenters. The van der Waals surface area contributed by atoms with Crippen molar-refractivity contribution in [1.82, 2.24) is 0 Å². The average molecular weight is 454 g/mol. The topological polar surface area (TPSA) is 64.6 Å². The Morgan fingerprint density at radius 1 is 1.03 bits per heavy atom. The minimum Gasteiger partial charge on any atom is -0.456 e. The highest BCUT2D eigenvalue weighted by Crippen LogP contribution is 2.39. The van der Waals surface area contributed by atoms with Crippen LogP contribution < -0.4 is 5.32 Å². The summed E-state index contributed by atoms with van der Waals surface area (Å²) in [5.74, 6) is -0.162. The molecule has 1 unspecified atom stereocenters. The number of unbranched alkanes of at least 4 members (excludes halogenated alkanes) is 5. The molecule has 1 rings (SSSR count). The zero-order valence-electron chi connectivity index (χ0n) is 20.9. The number of hydrogen-bond donors (Lipinski definition) is 1. The Balaban J connectivity index is 2.81. The first-order chi connectivity index (χ1) is 14.3. The van der Waals surface area contributed by atoms with Gasteiger partial charge in [-0.15, -0.1) is 11.3 Å². The van der Waals surface area contributed by atoms with E-state index in [0.29, 0.717) is 17.2 Å². The van der Waals surface area contributed by atoms with Crippen molar-refractivity contribution in [2.45, 2.75) is 112 Å². The van der Waals surface area contributed by atoms with Crippen molar-refractivity contribution in [3.63, 3.8) is 0 Å². The van der Waals surface area contributed by atoms with Crippen LogP contribution >= 0.6 is 11.3 Å². The average Bonchev–Trinajstić information content (AvgIpc) is 3.02. The molecule has 6 heteroatoms. The van der Waals surface area contributed by atoms with Gasteiger partial charge in [-0.1, -0.05) is 66.7 Å². The van der Waals surface area contributed by atoms with Crippen LogP contribution in [-0.4, -0.2) is 24.3 Å². The Morgan fingerprint density at radius 3 is 2.23 bits per heavy atom. The number of rotatable bonds is 11. The molecular weight excluding hydrogens is 410 g/mol. The number of ether oxygens (including phenoxy) is 2. The van der Waals surface area contributed by atoms with Crippen molar-refractivity contribution in [3.05, 3.63) is 16.5 Å². The predicted octanol–water partition coefficient (Wildman–Crippen LogP) is 8.15. The molecule has 1 N–H and O–H groups in total. The highest BCUT2D eigenvalue weighted by atomic mass is 32.1. The molecule has 0 aliphatic carbocycles. The smallest absolute Gasteiger partial charge is 0.412 e. The van der Waals surface area contributed by atoms with Crippen LogP contribution in [0.2, 0.25) is 0 Å². The lowest BCUT2D eigenvalue weighted by molar-refractivity contribution is 0.00712. The van der Waals surface area contributed by atoms with Crippen LogP contribution in [0.15, 0.2) is 6.07 Å². The van der Waals surface area contributed by atoms with Gasteiger partial charge in [0.2, 0.25) is 0 Å². The fourth-order valence-electron chi connectivity index (χ4n) is 3.43. The van der Waals surface area contributed by atoms with Gasteiger partial charge in [0.1, 0.15) is 10.6 Å². The second-order valence-electron chi connectivity index (χ2n) is 10.6. The molecule has 0 fully saturated rings. The number of esters is 1. The van der Waals surface area contributed by atoms with Crippen molar-refractivity contribution in [2.24, 2.45) is 5.41 Å². The number of anilines is 1. The second-order valence-corrected chi connectivity index (χ2v) is 11.7. The third kappa shape index (κ3) is 11.6. The molecule has 0 bridgehead atoms. The Bertz CT molecular complexity index is 697. The van der Waals surface area contributed by atoms with E-state index in [4.69, 9.17) is 9.47 Å². The van der Waals surface area contributed by atoms with Crippen LogP contribution in [0.3, 0.4) is 0 Å². The van der Waals surface area contributed by atoms with Gasteiger partial charge >= 0.3 is 12.1 Å². The first-order valence-corrected chi connectivity index (χ1v) is 12.4. The Morgan fingerprint density at radius 2 is 1.65 bits per heavy atom. The largest absolute Gasteiger partial charge is 0.456 e. The maximum absolute atomic E-state index is 12.8. The third-order valence-corrected chi connectivity index (χ3v) is 6.00. The van der Waals surface area contributed by atoms with Crippen LogP contribution in [0.25, 0.3) is 0 Å². The number of amides is 1. The van der Waals surface area contributed by atoms with Crippen LogP contribution in [0.5, 0.6) is 0 Å². The molecule has 0 radical (unpaired) electrons. The van der Waals surface area contributed by atoms with E-state index < -0.39 is 17.7 Å². The number of thiophene rings is 1. The van der Waals surface area contributed by atoms with Gasteiger partial charge in [-0.3, -0.25) is 5.32 Å². The molecule has 0 saturated carbocycles. The zero-order valence-corrected chi connectivity index (χ0v) is 21.7. The minimum atomic E-state index is -0.605. The molecule has 5 nitrogen and oxygen atoms in total. The van der Waals surface area contributed by atoms with E-state index in [9.17, 15) is 9.59 Å². The summed E-state index contributed by atoms with van der Waals surface area (Å²) >= 11 is 1.43. The van der Waals surface area contributed by atoms with Gasteiger partial charge in [-0.2, -0.15) is 0 Å². The van der Waals surface area contributed by atoms with Crippen LogP contribution in [0, 0.1) is 5.41 Å². The van der Waals surface area contributed by atoms with Gasteiger partial charge in [0, 0.05) is 4.88 Å². The summed E-state index contributed by atoms with van der Waals surface area (Å²) in [6.07, 6.45) is 7.24. The molecule has 0 aromatic carbocycles. The van der Waals surface area contributed by atoms with Crippen molar-refractivity contribution in [2.75, 3.05) is 11.9 Å². The molecule has 0 saturated heterocycles. The summed E-state index contributed by atoms with van der Waals surface area (Å²) in [7, 11) is 0. The van der Waals surface area contributed by atoms with E-state index in [1.165, 1.54) is 37.0 Å². The van der Waals surface area contributed by atoms with Gasteiger partial charge in [0.15, 0.2) is 0 Å². The molecular formula is C25H43NO4S. The van der Waals surface area contributed by atoms with Crippen LogP contribution in [0.1, 0.15) is 121 Å². The van der Waals surface area contributed by atoms with E-state index in [1.54, 1.807) is 0 Å². The summed E-state index contributed by atoms with van der Waals surface area (Å²) in [6, 6.07) is 1.86. The van der Waals surface area contributed by atoms with Crippen LogP contribution in [0.4, 0.5) is 9.80 Å². The lowest BCUT2D eigenvalue weighted by Gasteiger charge is -2.22. The zero-order chi connectivity index (χ0) is 23.7. The molecule has 1 aromatic rings. The Hall–Kier alpha value is -1.56. The van der Waals surface area contributed by atoms with Crippen molar-refractivity contribution >= 4 is 28.4 Å². The minimum absolute atomic E-state index is 0.166. The number of nitrogens with one attached hydrogen (secondary N) is 1. The fourth-order valence-corrected chi connectivity index (χ4v) is 4.51. The van der Waals surface area contributed by atoms with E-state index >= 15 is 0 Å². The highest BCUT2D eigenvalue weighted by molar-refractivity contribution is 7.16. The molecule has 1 heterocycles. The predicted molar refractivity (Wildman–Crippen MR) is 130 cm³/mol. The SMILES string of the molecule is CCCCCCCCOC(=O)Nc1sc(C(C)CC(C)(C)C)cc1C(=O)OC(C)(C)C. The Labute approximate surface area is 193 Å². The van der Waals surface area contributed by atoms with Gasteiger partial charge in [-0.05, 0) is 51.0 Å². The molecule has 0 aliphatic rings.